The summed E-state index contributed by atoms with van der Waals surface area (Å²) in [4.78, 5) is 16.5. The molecule has 1 amide bonds. The van der Waals surface area contributed by atoms with E-state index >= 15 is 0 Å². The third-order valence-electron chi connectivity index (χ3n) is 5.43. The number of carbonyl (C=O) groups is 1. The van der Waals surface area contributed by atoms with E-state index in [9.17, 15) is 4.79 Å². The fourth-order valence-electron chi connectivity index (χ4n) is 3.51. The van der Waals surface area contributed by atoms with Crippen molar-refractivity contribution in [2.45, 2.75) is 38.6 Å². The molecule has 0 radical (unpaired) electrons. The third-order valence-corrected chi connectivity index (χ3v) is 5.68. The molecule has 0 bridgehead atoms. The number of benzene rings is 1. The van der Waals surface area contributed by atoms with Crippen molar-refractivity contribution in [3.63, 3.8) is 0 Å². The maximum absolute atomic E-state index is 12.4. The van der Waals surface area contributed by atoms with E-state index in [1.54, 1.807) is 36.3 Å². The molecular formula is C22H33ClN2O3. The molecule has 1 fully saturated rings. The quantitative estimate of drug-likeness (QED) is 0.547. The Morgan fingerprint density at radius 2 is 1.89 bits per heavy atom. The molecule has 0 heterocycles. The van der Waals surface area contributed by atoms with Gasteiger partial charge in [0.2, 0.25) is 0 Å². The lowest BCUT2D eigenvalue weighted by atomic mass is 9.85. The van der Waals surface area contributed by atoms with Gasteiger partial charge in [0.05, 0.1) is 6.61 Å². The number of methoxy groups -OCH3 is 1. The van der Waals surface area contributed by atoms with Gasteiger partial charge in [-0.15, -0.1) is 0 Å². The average Bonchev–Trinajstić information content (AvgIpc) is 2.72. The number of hydrogen-bond acceptors (Lipinski definition) is 4. The molecule has 28 heavy (non-hydrogen) atoms. The zero-order valence-corrected chi connectivity index (χ0v) is 18.0. The van der Waals surface area contributed by atoms with E-state index in [1.807, 2.05) is 7.05 Å². The Balaban J connectivity index is 1.73. The second-order valence-corrected chi connectivity index (χ2v) is 7.75. The Hall–Kier alpha value is -1.56. The van der Waals surface area contributed by atoms with Gasteiger partial charge in [-0.3, -0.25) is 4.90 Å². The molecule has 1 aromatic carbocycles. The molecule has 1 aromatic rings. The van der Waals surface area contributed by atoms with Gasteiger partial charge < -0.3 is 14.4 Å². The summed E-state index contributed by atoms with van der Waals surface area (Å²) in [6.07, 6.45) is 8.52. The van der Waals surface area contributed by atoms with Crippen molar-refractivity contribution in [2.24, 2.45) is 5.92 Å². The zero-order chi connectivity index (χ0) is 20.4. The van der Waals surface area contributed by atoms with E-state index in [0.29, 0.717) is 16.7 Å². The van der Waals surface area contributed by atoms with Crippen LogP contribution in [-0.4, -0.2) is 62.3 Å². The largest absolute Gasteiger partial charge is 0.415 e. The van der Waals surface area contributed by atoms with Crippen molar-refractivity contribution in [3.05, 3.63) is 41.4 Å². The maximum Gasteiger partial charge on any atom is 0.415 e. The molecule has 0 unspecified atom stereocenters. The van der Waals surface area contributed by atoms with E-state index in [1.165, 1.54) is 0 Å². The number of allylic oxidation sites excluding steroid dienone is 1. The number of halogens is 1. The van der Waals surface area contributed by atoms with Gasteiger partial charge in [0.1, 0.15) is 5.75 Å². The summed E-state index contributed by atoms with van der Waals surface area (Å²) in [5.74, 6) is 1.12. The van der Waals surface area contributed by atoms with E-state index < -0.39 is 0 Å². The van der Waals surface area contributed by atoms with Crippen molar-refractivity contribution < 1.29 is 14.3 Å². The monoisotopic (exact) mass is 408 g/mol. The summed E-state index contributed by atoms with van der Waals surface area (Å²) in [6.45, 7) is 5.90. The molecule has 6 heteroatoms. The number of rotatable bonds is 9. The summed E-state index contributed by atoms with van der Waals surface area (Å²) in [5, 5.41) is 0.625. The fraction of sp³-hybridized carbons (Fsp3) is 0.591. The van der Waals surface area contributed by atoms with Crippen LogP contribution in [0, 0.1) is 5.92 Å². The molecule has 0 atom stereocenters. The van der Waals surface area contributed by atoms with Gasteiger partial charge in [0.25, 0.3) is 0 Å². The first-order valence-corrected chi connectivity index (χ1v) is 10.5. The van der Waals surface area contributed by atoms with Crippen LogP contribution in [0.2, 0.25) is 5.02 Å². The molecule has 0 aromatic heterocycles. The van der Waals surface area contributed by atoms with Crippen molar-refractivity contribution in [3.8, 4) is 5.75 Å². The number of amides is 1. The van der Waals surface area contributed by atoms with Gasteiger partial charge >= 0.3 is 6.09 Å². The second kappa shape index (κ2) is 12.1. The van der Waals surface area contributed by atoms with Crippen LogP contribution in [0.1, 0.15) is 32.6 Å². The van der Waals surface area contributed by atoms with Crippen molar-refractivity contribution >= 4 is 17.7 Å². The van der Waals surface area contributed by atoms with E-state index in [2.05, 4.69) is 24.0 Å². The standard InChI is InChI=1S/C22H33ClN2O3/c1-4-25(16-17-27-3)15-5-6-18-7-11-20(12-8-18)24(2)22(26)28-21-13-9-19(23)10-14-21/h5-6,9-10,13-14,18,20H,4,7-8,11-12,15-17H2,1-3H3/b6-5+/t18-,20-. The van der Waals surface area contributed by atoms with Crippen LogP contribution in [-0.2, 0) is 4.74 Å². The number of ether oxygens (including phenoxy) is 2. The molecule has 0 spiro atoms. The van der Waals surface area contributed by atoms with E-state index in [0.717, 1.165) is 51.9 Å². The van der Waals surface area contributed by atoms with Gasteiger partial charge in [0, 0.05) is 38.3 Å². The molecule has 5 nitrogen and oxygen atoms in total. The first-order valence-electron chi connectivity index (χ1n) is 10.1. The van der Waals surface area contributed by atoms with Gasteiger partial charge in [-0.1, -0.05) is 30.7 Å². The van der Waals surface area contributed by atoms with Crippen LogP contribution in [0.25, 0.3) is 0 Å². The first kappa shape index (κ1) is 22.7. The highest BCUT2D eigenvalue weighted by atomic mass is 35.5. The molecular weight excluding hydrogens is 376 g/mol. The van der Waals surface area contributed by atoms with E-state index in [-0.39, 0.29) is 12.1 Å². The molecule has 1 aliphatic rings. The Labute approximate surface area is 174 Å². The van der Waals surface area contributed by atoms with Gasteiger partial charge in [0.15, 0.2) is 0 Å². The maximum atomic E-state index is 12.4. The van der Waals surface area contributed by atoms with Crippen LogP contribution in [0.4, 0.5) is 4.79 Å². The molecule has 0 aliphatic heterocycles. The minimum absolute atomic E-state index is 0.235. The van der Waals surface area contributed by atoms with Gasteiger partial charge in [-0.25, -0.2) is 4.79 Å². The molecule has 1 aliphatic carbocycles. The lowest BCUT2D eigenvalue weighted by Crippen LogP contribution is -2.40. The highest BCUT2D eigenvalue weighted by Crippen LogP contribution is 2.28. The number of nitrogens with zero attached hydrogens (tertiary/aromatic N) is 2. The summed E-state index contributed by atoms with van der Waals surface area (Å²) in [7, 11) is 3.57. The zero-order valence-electron chi connectivity index (χ0n) is 17.3. The lowest BCUT2D eigenvalue weighted by molar-refractivity contribution is 0.128. The summed E-state index contributed by atoms with van der Waals surface area (Å²) in [5.41, 5.74) is 0. The minimum Gasteiger partial charge on any atom is -0.410 e. The number of likely N-dealkylation sites (N-methyl/N-ethyl adjacent to an activating group) is 1. The Kier molecular flexibility index (Phi) is 9.82. The topological polar surface area (TPSA) is 42.0 Å². The number of carbonyl (C=O) groups excluding carboxylic acids is 1. The van der Waals surface area contributed by atoms with E-state index in [4.69, 9.17) is 21.1 Å². The first-order chi connectivity index (χ1) is 13.5. The predicted octanol–water partition coefficient (Wildman–Crippen LogP) is 4.85. The Bertz CT molecular complexity index is 613. The third kappa shape index (κ3) is 7.46. The minimum atomic E-state index is -0.307. The summed E-state index contributed by atoms with van der Waals surface area (Å²) < 4.78 is 10.6. The Morgan fingerprint density at radius 3 is 2.50 bits per heavy atom. The van der Waals surface area contributed by atoms with Crippen molar-refractivity contribution in [2.75, 3.05) is 40.4 Å². The highest BCUT2D eigenvalue weighted by molar-refractivity contribution is 6.30. The van der Waals surface area contributed by atoms with Crippen molar-refractivity contribution in [1.29, 1.82) is 0 Å². The van der Waals surface area contributed by atoms with Crippen molar-refractivity contribution in [1.82, 2.24) is 9.80 Å². The van der Waals surface area contributed by atoms with Crippen LogP contribution in [0.5, 0.6) is 5.75 Å². The highest BCUT2D eigenvalue weighted by Gasteiger charge is 2.26. The average molecular weight is 409 g/mol. The lowest BCUT2D eigenvalue weighted by Gasteiger charge is -2.33. The molecule has 0 N–H and O–H groups in total. The number of hydrogen-bond donors (Lipinski definition) is 0. The smallest absolute Gasteiger partial charge is 0.410 e. The molecule has 2 rings (SSSR count). The second-order valence-electron chi connectivity index (χ2n) is 7.32. The summed E-state index contributed by atoms with van der Waals surface area (Å²) in [6, 6.07) is 7.09. The predicted molar refractivity (Wildman–Crippen MR) is 114 cm³/mol. The molecule has 156 valence electrons. The molecule has 0 saturated heterocycles. The van der Waals surface area contributed by atoms with Crippen LogP contribution in [0.3, 0.4) is 0 Å². The Morgan fingerprint density at radius 1 is 1.21 bits per heavy atom. The van der Waals surface area contributed by atoms with Gasteiger partial charge in [-0.2, -0.15) is 0 Å². The SMILES string of the molecule is CCN(C/C=C/[C@H]1CC[C@H](N(C)C(=O)Oc2ccc(Cl)cc2)CC1)CCOC. The normalized spacial score (nSPS) is 19.9. The fourth-order valence-corrected chi connectivity index (χ4v) is 3.63. The van der Waals surface area contributed by atoms with Crippen LogP contribution in [0.15, 0.2) is 36.4 Å². The summed E-state index contributed by atoms with van der Waals surface area (Å²) >= 11 is 5.87. The van der Waals surface area contributed by atoms with Crippen LogP contribution < -0.4 is 4.74 Å². The molecule has 1 saturated carbocycles. The van der Waals surface area contributed by atoms with Gasteiger partial charge in [-0.05, 0) is 62.4 Å². The van der Waals surface area contributed by atoms with Crippen LogP contribution >= 0.6 is 11.6 Å².